The molecule has 1 saturated heterocycles. The van der Waals surface area contributed by atoms with E-state index in [9.17, 15) is 4.39 Å². The third-order valence-electron chi connectivity index (χ3n) is 3.59. The van der Waals surface area contributed by atoms with Crippen molar-refractivity contribution in [2.75, 3.05) is 0 Å². The van der Waals surface area contributed by atoms with Crippen molar-refractivity contribution >= 4 is 0 Å². The van der Waals surface area contributed by atoms with Gasteiger partial charge in [0.2, 0.25) is 0 Å². The van der Waals surface area contributed by atoms with Gasteiger partial charge in [-0.3, -0.25) is 5.43 Å². The maximum absolute atomic E-state index is 12.9. The maximum Gasteiger partial charge on any atom is 0.168 e. The number of rotatable bonds is 2. The van der Waals surface area contributed by atoms with Gasteiger partial charge in [0.25, 0.3) is 0 Å². The van der Waals surface area contributed by atoms with E-state index in [1.807, 2.05) is 0 Å². The first-order valence-electron chi connectivity index (χ1n) is 5.68. The fourth-order valence-electron chi connectivity index (χ4n) is 2.59. The Morgan fingerprint density at radius 3 is 2.27 bits per heavy atom. The monoisotopic (exact) mass is 218 g/mol. The van der Waals surface area contributed by atoms with Crippen LogP contribution in [0.4, 0.5) is 4.39 Å². The van der Waals surface area contributed by atoms with Gasteiger partial charge in [0, 0.05) is 6.04 Å². The Morgan fingerprint density at radius 2 is 1.73 bits per heavy atom. The van der Waals surface area contributed by atoms with Gasteiger partial charge in [0.05, 0.1) is 6.04 Å². The molecule has 4 N–H and O–H groups in total. The third kappa shape index (κ3) is 2.66. The topological polar surface area (TPSA) is 64.5 Å². The zero-order chi connectivity index (χ0) is 10.8. The second-order valence-corrected chi connectivity index (χ2v) is 4.66. The van der Waals surface area contributed by atoms with Crippen molar-refractivity contribution in [1.82, 2.24) is 10.9 Å². The van der Waals surface area contributed by atoms with Crippen LogP contribution in [0.3, 0.4) is 0 Å². The van der Waals surface area contributed by atoms with Crippen LogP contribution in [0.5, 0.6) is 0 Å². The van der Waals surface area contributed by atoms with Crippen LogP contribution in [0.1, 0.15) is 32.1 Å². The average molecular weight is 218 g/mol. The van der Waals surface area contributed by atoms with E-state index in [4.69, 9.17) is 10.2 Å². The molecule has 2 fully saturated rings. The number of aliphatic hydroxyl groups is 2. The Labute approximate surface area is 88.8 Å². The Morgan fingerprint density at radius 1 is 1.07 bits per heavy atom. The van der Waals surface area contributed by atoms with Crippen LogP contribution in [-0.4, -0.2) is 34.8 Å². The molecule has 0 spiro atoms. The van der Waals surface area contributed by atoms with Crippen molar-refractivity contribution in [2.45, 2.75) is 56.6 Å². The van der Waals surface area contributed by atoms with Crippen LogP contribution >= 0.6 is 0 Å². The van der Waals surface area contributed by atoms with Gasteiger partial charge in [-0.2, -0.15) is 0 Å². The van der Waals surface area contributed by atoms with Gasteiger partial charge in [-0.25, -0.2) is 9.82 Å². The van der Waals surface area contributed by atoms with E-state index in [1.54, 1.807) is 0 Å². The van der Waals surface area contributed by atoms with Gasteiger partial charge < -0.3 is 10.2 Å². The average Bonchev–Trinajstić information content (AvgIpc) is 2.68. The van der Waals surface area contributed by atoms with Crippen LogP contribution in [0.2, 0.25) is 0 Å². The Hall–Kier alpha value is -0.230. The minimum absolute atomic E-state index is 0.254. The lowest BCUT2D eigenvalue weighted by Gasteiger charge is -2.28. The quantitative estimate of drug-likeness (QED) is 0.495. The van der Waals surface area contributed by atoms with E-state index in [0.29, 0.717) is 25.2 Å². The molecular formula is C10H19FN2O2. The van der Waals surface area contributed by atoms with Gasteiger partial charge in [-0.05, 0) is 38.0 Å². The molecule has 0 bridgehead atoms. The van der Waals surface area contributed by atoms with E-state index < -0.39 is 12.5 Å². The van der Waals surface area contributed by atoms with Gasteiger partial charge in [-0.15, -0.1) is 0 Å². The van der Waals surface area contributed by atoms with E-state index in [-0.39, 0.29) is 12.1 Å². The highest BCUT2D eigenvalue weighted by Gasteiger charge is 2.35. The van der Waals surface area contributed by atoms with Crippen molar-refractivity contribution in [2.24, 2.45) is 5.92 Å². The lowest BCUT2D eigenvalue weighted by Crippen LogP contribution is -2.41. The molecule has 0 amide bonds. The van der Waals surface area contributed by atoms with Crippen LogP contribution in [-0.2, 0) is 0 Å². The largest absolute Gasteiger partial charge is 0.367 e. The first kappa shape index (κ1) is 11.3. The van der Waals surface area contributed by atoms with Crippen molar-refractivity contribution in [3.63, 3.8) is 0 Å². The van der Waals surface area contributed by atoms with Crippen LogP contribution < -0.4 is 10.9 Å². The predicted molar refractivity (Wildman–Crippen MR) is 53.5 cm³/mol. The number of hydrogen-bond acceptors (Lipinski definition) is 4. The molecule has 0 aromatic carbocycles. The minimum Gasteiger partial charge on any atom is -0.367 e. The lowest BCUT2D eigenvalue weighted by atomic mass is 9.82. The summed E-state index contributed by atoms with van der Waals surface area (Å²) in [6.45, 7) is 0. The number of alkyl halides is 1. The van der Waals surface area contributed by atoms with E-state index in [0.717, 1.165) is 12.8 Å². The fraction of sp³-hybridized carbons (Fsp3) is 1.00. The summed E-state index contributed by atoms with van der Waals surface area (Å²) in [5.41, 5.74) is 5.95. The van der Waals surface area contributed by atoms with Crippen LogP contribution in [0.25, 0.3) is 0 Å². The summed E-state index contributed by atoms with van der Waals surface area (Å²) < 4.78 is 12.9. The van der Waals surface area contributed by atoms with E-state index in [2.05, 4.69) is 10.9 Å². The molecule has 0 aromatic rings. The fourth-order valence-corrected chi connectivity index (χ4v) is 2.59. The summed E-state index contributed by atoms with van der Waals surface area (Å²) >= 11 is 0. The zero-order valence-electron chi connectivity index (χ0n) is 8.69. The number of halogens is 1. The van der Waals surface area contributed by atoms with Crippen molar-refractivity contribution < 1.29 is 14.6 Å². The van der Waals surface area contributed by atoms with E-state index >= 15 is 0 Å². The van der Waals surface area contributed by atoms with Gasteiger partial charge in [0.1, 0.15) is 6.17 Å². The standard InChI is InChI=1S/C10H19FN2O2/c11-7-3-1-6(2-4-7)8-5-9(10(14)15)13-12-8/h6-10,12-15H,1-5H2. The highest BCUT2D eigenvalue weighted by atomic mass is 19.1. The molecule has 2 atom stereocenters. The van der Waals surface area contributed by atoms with Crippen LogP contribution in [0, 0.1) is 5.92 Å². The molecule has 0 radical (unpaired) electrons. The molecule has 1 aliphatic heterocycles. The van der Waals surface area contributed by atoms with Crippen LogP contribution in [0.15, 0.2) is 0 Å². The molecular weight excluding hydrogens is 199 g/mol. The molecule has 1 heterocycles. The summed E-state index contributed by atoms with van der Waals surface area (Å²) in [6.07, 6.45) is 1.85. The molecule has 1 saturated carbocycles. The van der Waals surface area contributed by atoms with Crippen molar-refractivity contribution in [3.05, 3.63) is 0 Å². The highest BCUT2D eigenvalue weighted by molar-refractivity contribution is 4.89. The molecule has 0 aromatic heterocycles. The molecule has 5 heteroatoms. The predicted octanol–water partition coefficient (Wildman–Crippen LogP) is 0.0605. The lowest BCUT2D eigenvalue weighted by molar-refractivity contribution is -0.0640. The normalized spacial score (nSPS) is 42.4. The second-order valence-electron chi connectivity index (χ2n) is 4.66. The highest BCUT2D eigenvalue weighted by Crippen LogP contribution is 2.31. The van der Waals surface area contributed by atoms with E-state index in [1.165, 1.54) is 0 Å². The summed E-state index contributed by atoms with van der Waals surface area (Å²) in [6, 6.07) is -0.0394. The van der Waals surface area contributed by atoms with Gasteiger partial charge in [0.15, 0.2) is 6.29 Å². The smallest absolute Gasteiger partial charge is 0.168 e. The van der Waals surface area contributed by atoms with Gasteiger partial charge >= 0.3 is 0 Å². The SMILES string of the molecule is OC(O)C1CC(C2CCC(F)CC2)NN1. The molecule has 2 rings (SSSR count). The maximum atomic E-state index is 12.9. The van der Waals surface area contributed by atoms with Crippen molar-refractivity contribution in [3.8, 4) is 0 Å². The Kier molecular flexibility index (Phi) is 3.56. The first-order valence-corrected chi connectivity index (χ1v) is 5.68. The first-order chi connectivity index (χ1) is 7.16. The second kappa shape index (κ2) is 4.74. The molecule has 2 aliphatic rings. The molecule has 1 aliphatic carbocycles. The molecule has 4 nitrogen and oxygen atoms in total. The Bertz CT molecular complexity index is 208. The van der Waals surface area contributed by atoms with Gasteiger partial charge in [-0.1, -0.05) is 0 Å². The zero-order valence-corrected chi connectivity index (χ0v) is 8.69. The third-order valence-corrected chi connectivity index (χ3v) is 3.59. The Balaban J connectivity index is 1.80. The summed E-state index contributed by atoms with van der Waals surface area (Å²) in [5, 5.41) is 18.0. The number of hydrazine groups is 1. The molecule has 88 valence electrons. The number of aliphatic hydroxyl groups excluding tert-OH is 1. The molecule has 15 heavy (non-hydrogen) atoms. The van der Waals surface area contributed by atoms with Crippen molar-refractivity contribution in [1.29, 1.82) is 0 Å². The number of hydrogen-bond donors (Lipinski definition) is 4. The summed E-state index contributed by atoms with van der Waals surface area (Å²) in [7, 11) is 0. The summed E-state index contributed by atoms with van der Waals surface area (Å²) in [5.74, 6) is 0.466. The number of nitrogens with one attached hydrogen (secondary N) is 2. The molecule has 2 unspecified atom stereocenters. The minimum atomic E-state index is -1.32. The summed E-state index contributed by atoms with van der Waals surface area (Å²) in [4.78, 5) is 0.